The Kier molecular flexibility index (Phi) is 7.56. The lowest BCUT2D eigenvalue weighted by Crippen LogP contribution is -2.38. The van der Waals surface area contributed by atoms with E-state index in [2.05, 4.69) is 12.1 Å². The summed E-state index contributed by atoms with van der Waals surface area (Å²) >= 11 is 0. The molecule has 0 aromatic heterocycles. The van der Waals surface area contributed by atoms with Crippen LogP contribution in [0.3, 0.4) is 0 Å². The lowest BCUT2D eigenvalue weighted by molar-refractivity contribution is -0.118. The number of aliphatic hydroxyl groups is 2. The van der Waals surface area contributed by atoms with Crippen LogP contribution in [0.15, 0.2) is 60.7 Å². The molecule has 3 heterocycles. The van der Waals surface area contributed by atoms with Gasteiger partial charge in [-0.25, -0.2) is 0 Å². The minimum Gasteiger partial charge on any atom is -0.396 e. The first-order valence-electron chi connectivity index (χ1n) is 13.2. The zero-order valence-corrected chi connectivity index (χ0v) is 21.0. The highest BCUT2D eigenvalue weighted by Gasteiger charge is 2.33. The fraction of sp³-hybridized carbons (Fsp3) is 0.433. The fourth-order valence-electron chi connectivity index (χ4n) is 5.83. The minimum absolute atomic E-state index is 0.0127. The largest absolute Gasteiger partial charge is 0.396 e. The van der Waals surface area contributed by atoms with Gasteiger partial charge in [0.15, 0.2) is 0 Å². The summed E-state index contributed by atoms with van der Waals surface area (Å²) in [6.45, 7) is 4.30. The molecule has 2 aromatic carbocycles. The standard InChI is InChI=1S/C30H36N2O4/c1-2-31-27-11-10-24(19-26(27)25(20-29(31)34)22-9-6-15-36-16-13-22)32-28(23-7-4-3-5-8-23)17-21(12-14-33)18-30(32)35/h3-5,7-8,10-11,17,19-22,29,33-34H,2,6,9,12-16,18H2,1H3. The molecule has 1 saturated heterocycles. The number of carbonyl (C=O) groups is 1. The van der Waals surface area contributed by atoms with Crippen molar-refractivity contribution >= 4 is 28.6 Å². The molecule has 3 unspecified atom stereocenters. The smallest absolute Gasteiger partial charge is 0.232 e. The topological polar surface area (TPSA) is 73.2 Å². The van der Waals surface area contributed by atoms with Crippen molar-refractivity contribution in [2.75, 3.05) is 36.2 Å². The number of allylic oxidation sites excluding steroid dienone is 2. The van der Waals surface area contributed by atoms with E-state index < -0.39 is 6.23 Å². The molecule has 2 N–H and O–H groups in total. The van der Waals surface area contributed by atoms with Gasteiger partial charge in [0, 0.05) is 49.7 Å². The van der Waals surface area contributed by atoms with E-state index in [-0.39, 0.29) is 18.4 Å². The molecular formula is C30H36N2O4. The summed E-state index contributed by atoms with van der Waals surface area (Å²) in [6, 6.07) is 16.2. The van der Waals surface area contributed by atoms with Crippen molar-refractivity contribution in [3.8, 4) is 0 Å². The summed E-state index contributed by atoms with van der Waals surface area (Å²) in [5, 5.41) is 20.5. The summed E-state index contributed by atoms with van der Waals surface area (Å²) in [7, 11) is 0. The average Bonchev–Trinajstić information content (AvgIpc) is 3.18. The third-order valence-corrected chi connectivity index (χ3v) is 7.63. The Hall–Kier alpha value is -2.93. The van der Waals surface area contributed by atoms with Crippen molar-refractivity contribution in [1.82, 2.24) is 0 Å². The van der Waals surface area contributed by atoms with Crippen LogP contribution >= 0.6 is 0 Å². The van der Waals surface area contributed by atoms with E-state index in [4.69, 9.17) is 4.74 Å². The molecule has 3 atom stereocenters. The van der Waals surface area contributed by atoms with E-state index in [1.54, 1.807) is 0 Å². The van der Waals surface area contributed by atoms with Gasteiger partial charge in [-0.05, 0) is 79.9 Å². The Bertz CT molecular complexity index is 1130. The number of hydrogen-bond donors (Lipinski definition) is 2. The molecule has 6 nitrogen and oxygen atoms in total. The second kappa shape index (κ2) is 11.0. The van der Waals surface area contributed by atoms with Crippen LogP contribution in [0.2, 0.25) is 0 Å². The van der Waals surface area contributed by atoms with Gasteiger partial charge in [0.2, 0.25) is 5.91 Å². The molecule has 0 bridgehead atoms. The predicted octanol–water partition coefficient (Wildman–Crippen LogP) is 4.82. The van der Waals surface area contributed by atoms with Crippen LogP contribution in [-0.4, -0.2) is 48.7 Å². The second-order valence-corrected chi connectivity index (χ2v) is 9.89. The summed E-state index contributed by atoms with van der Waals surface area (Å²) in [5.41, 5.74) is 5.92. The van der Waals surface area contributed by atoms with Crippen LogP contribution in [0.4, 0.5) is 11.4 Å². The number of rotatable bonds is 6. The number of benzene rings is 2. The van der Waals surface area contributed by atoms with E-state index in [0.29, 0.717) is 25.3 Å². The molecule has 3 aliphatic heterocycles. The Balaban J connectivity index is 1.60. The molecule has 2 aromatic rings. The zero-order valence-electron chi connectivity index (χ0n) is 21.0. The molecule has 0 spiro atoms. The monoisotopic (exact) mass is 488 g/mol. The minimum atomic E-state index is -0.664. The molecule has 36 heavy (non-hydrogen) atoms. The van der Waals surface area contributed by atoms with Crippen molar-refractivity contribution in [3.05, 3.63) is 71.8 Å². The van der Waals surface area contributed by atoms with Crippen molar-refractivity contribution in [3.63, 3.8) is 0 Å². The first-order valence-corrected chi connectivity index (χ1v) is 13.2. The van der Waals surface area contributed by atoms with Crippen LogP contribution < -0.4 is 9.80 Å². The first kappa shape index (κ1) is 24.8. The number of nitrogens with zero attached hydrogens (tertiary/aromatic N) is 2. The zero-order chi connectivity index (χ0) is 25.1. The van der Waals surface area contributed by atoms with Gasteiger partial charge in [-0.2, -0.15) is 0 Å². The Morgan fingerprint density at radius 2 is 1.89 bits per heavy atom. The van der Waals surface area contributed by atoms with Crippen LogP contribution in [0, 0.1) is 11.8 Å². The maximum atomic E-state index is 13.6. The van der Waals surface area contributed by atoms with Crippen molar-refractivity contribution < 1.29 is 19.7 Å². The average molecular weight is 489 g/mol. The molecule has 0 saturated carbocycles. The highest BCUT2D eigenvalue weighted by Crippen LogP contribution is 2.44. The number of amides is 1. The number of hydrogen-bond acceptors (Lipinski definition) is 5. The molecular weight excluding hydrogens is 452 g/mol. The van der Waals surface area contributed by atoms with E-state index in [1.165, 1.54) is 0 Å². The highest BCUT2D eigenvalue weighted by atomic mass is 16.5. The van der Waals surface area contributed by atoms with E-state index in [0.717, 1.165) is 66.2 Å². The van der Waals surface area contributed by atoms with E-state index in [1.807, 2.05) is 65.3 Å². The van der Waals surface area contributed by atoms with Crippen LogP contribution in [0.1, 0.15) is 50.2 Å². The molecule has 1 fully saturated rings. The number of aliphatic hydroxyl groups excluding tert-OH is 2. The van der Waals surface area contributed by atoms with Crippen molar-refractivity contribution in [1.29, 1.82) is 0 Å². The highest BCUT2D eigenvalue weighted by molar-refractivity contribution is 6.08. The van der Waals surface area contributed by atoms with Crippen LogP contribution in [0.5, 0.6) is 0 Å². The number of anilines is 2. The van der Waals surface area contributed by atoms with Gasteiger partial charge in [0.25, 0.3) is 0 Å². The Morgan fingerprint density at radius 3 is 2.67 bits per heavy atom. The third kappa shape index (κ3) is 4.85. The maximum absolute atomic E-state index is 13.6. The normalized spacial score (nSPS) is 24.6. The van der Waals surface area contributed by atoms with Crippen molar-refractivity contribution in [2.45, 2.75) is 45.3 Å². The van der Waals surface area contributed by atoms with E-state index in [9.17, 15) is 15.0 Å². The van der Waals surface area contributed by atoms with Gasteiger partial charge in [0.1, 0.15) is 6.23 Å². The Labute approximate surface area is 213 Å². The number of likely N-dealkylation sites (N-methyl/N-ethyl adjacent to an activating group) is 1. The number of carbonyl (C=O) groups excluding carboxylic acids is 1. The molecule has 3 aliphatic rings. The summed E-state index contributed by atoms with van der Waals surface area (Å²) in [6.07, 6.45) is 7.36. The lowest BCUT2D eigenvalue weighted by atomic mass is 9.83. The molecule has 1 amide bonds. The molecule has 0 aliphatic carbocycles. The maximum Gasteiger partial charge on any atom is 0.232 e. The SMILES string of the molecule is CCN1c2ccc(N3C(=O)CC(CCO)C=C3c3ccccc3)cc2C(C2CCCOCC2)=CC1O. The summed E-state index contributed by atoms with van der Waals surface area (Å²) < 4.78 is 5.72. The van der Waals surface area contributed by atoms with Crippen LogP contribution in [0.25, 0.3) is 11.3 Å². The second-order valence-electron chi connectivity index (χ2n) is 9.89. The molecule has 190 valence electrons. The van der Waals surface area contributed by atoms with Gasteiger partial charge in [-0.3, -0.25) is 9.69 Å². The van der Waals surface area contributed by atoms with Gasteiger partial charge >= 0.3 is 0 Å². The predicted molar refractivity (Wildman–Crippen MR) is 143 cm³/mol. The third-order valence-electron chi connectivity index (χ3n) is 7.63. The first-order chi connectivity index (χ1) is 17.6. The summed E-state index contributed by atoms with van der Waals surface area (Å²) in [5.74, 6) is 0.357. The van der Waals surface area contributed by atoms with Crippen LogP contribution in [-0.2, 0) is 9.53 Å². The Morgan fingerprint density at radius 1 is 1.06 bits per heavy atom. The quantitative estimate of drug-likeness (QED) is 0.610. The molecule has 6 heteroatoms. The fourth-order valence-corrected chi connectivity index (χ4v) is 5.83. The van der Waals surface area contributed by atoms with Crippen molar-refractivity contribution in [2.24, 2.45) is 11.8 Å². The number of fused-ring (bicyclic) bond motifs is 1. The van der Waals surface area contributed by atoms with Gasteiger partial charge < -0.3 is 19.8 Å². The van der Waals surface area contributed by atoms with Gasteiger partial charge in [-0.1, -0.05) is 36.4 Å². The lowest BCUT2D eigenvalue weighted by Gasteiger charge is -2.38. The summed E-state index contributed by atoms with van der Waals surface area (Å²) in [4.78, 5) is 17.4. The van der Waals surface area contributed by atoms with E-state index >= 15 is 0 Å². The van der Waals surface area contributed by atoms with Gasteiger partial charge in [0.05, 0.1) is 5.70 Å². The molecule has 0 radical (unpaired) electrons. The molecule has 5 rings (SSSR count). The van der Waals surface area contributed by atoms with Gasteiger partial charge in [-0.15, -0.1) is 0 Å². The number of ether oxygens (including phenoxy) is 1.